The predicted molar refractivity (Wildman–Crippen MR) is 87.5 cm³/mol. The van der Waals surface area contributed by atoms with Gasteiger partial charge in [0.15, 0.2) is 0 Å². The van der Waals surface area contributed by atoms with Crippen LogP contribution in [0.5, 0.6) is 0 Å². The lowest BCUT2D eigenvalue weighted by atomic mass is 9.87. The molecule has 0 bridgehead atoms. The summed E-state index contributed by atoms with van der Waals surface area (Å²) in [5, 5.41) is 16.4. The van der Waals surface area contributed by atoms with E-state index in [1.165, 1.54) is 0 Å². The van der Waals surface area contributed by atoms with E-state index in [9.17, 15) is 9.59 Å². The van der Waals surface area contributed by atoms with Gasteiger partial charge in [0.25, 0.3) is 0 Å². The Hall–Kier alpha value is -1.08. The highest BCUT2D eigenvalue weighted by molar-refractivity contribution is 9.10. The highest BCUT2D eigenvalue weighted by Crippen LogP contribution is 2.23. The van der Waals surface area contributed by atoms with Crippen LogP contribution in [-0.4, -0.2) is 23.1 Å². The number of amides is 2. The number of carbonyl (C=O) groups is 2. The van der Waals surface area contributed by atoms with E-state index in [1.54, 1.807) is 11.3 Å². The lowest BCUT2D eigenvalue weighted by Crippen LogP contribution is -2.44. The molecule has 118 valence electrons. The molecular weight excluding hydrogens is 356 g/mol. The molecule has 2 amide bonds. The van der Waals surface area contributed by atoms with Crippen molar-refractivity contribution in [2.45, 2.75) is 46.2 Å². The minimum absolute atomic E-state index is 0.0514. The van der Waals surface area contributed by atoms with Crippen molar-refractivity contribution in [2.75, 3.05) is 0 Å². The molecule has 0 saturated carbocycles. The number of rotatable bonds is 6. The van der Waals surface area contributed by atoms with Crippen molar-refractivity contribution in [3.63, 3.8) is 0 Å². The number of carboxylic acids is 1. The van der Waals surface area contributed by atoms with Gasteiger partial charge in [0.05, 0.1) is 13.0 Å². The molecule has 1 aromatic rings. The molecule has 7 heteroatoms. The zero-order valence-corrected chi connectivity index (χ0v) is 14.8. The summed E-state index contributed by atoms with van der Waals surface area (Å²) < 4.78 is 0.963. The first-order valence-corrected chi connectivity index (χ1v) is 8.32. The molecule has 1 unspecified atom stereocenters. The third-order valence-corrected chi connectivity index (χ3v) is 4.64. The van der Waals surface area contributed by atoms with Crippen LogP contribution in [0.3, 0.4) is 0 Å². The van der Waals surface area contributed by atoms with E-state index in [-0.39, 0.29) is 23.9 Å². The second kappa shape index (κ2) is 7.79. The molecule has 1 aromatic heterocycles. The Morgan fingerprint density at radius 1 is 1.43 bits per heavy atom. The van der Waals surface area contributed by atoms with Gasteiger partial charge in [-0.3, -0.25) is 4.79 Å². The van der Waals surface area contributed by atoms with Gasteiger partial charge in [0.1, 0.15) is 0 Å². The highest BCUT2D eigenvalue weighted by Gasteiger charge is 2.22. The standard InChI is InChI=1S/C14H21BrN2O3S/c1-14(2,3)7-9(6-12(18)19)17-13(20)16-8-11-10(15)4-5-21-11/h4-5,9H,6-8H2,1-3H3,(H,18,19)(H2,16,17,20). The second-order valence-electron chi connectivity index (χ2n) is 6.08. The Bertz CT molecular complexity index is 497. The van der Waals surface area contributed by atoms with E-state index in [0.717, 1.165) is 9.35 Å². The molecule has 0 aliphatic carbocycles. The molecule has 21 heavy (non-hydrogen) atoms. The van der Waals surface area contributed by atoms with E-state index in [1.807, 2.05) is 32.2 Å². The summed E-state index contributed by atoms with van der Waals surface area (Å²) in [5.74, 6) is -0.912. The molecule has 0 fully saturated rings. The first kappa shape index (κ1) is 18.0. The van der Waals surface area contributed by atoms with Crippen molar-refractivity contribution < 1.29 is 14.7 Å². The molecule has 5 nitrogen and oxygen atoms in total. The number of hydrogen-bond acceptors (Lipinski definition) is 3. The number of nitrogens with one attached hydrogen (secondary N) is 2. The van der Waals surface area contributed by atoms with E-state index in [2.05, 4.69) is 26.6 Å². The van der Waals surface area contributed by atoms with Crippen molar-refractivity contribution in [1.29, 1.82) is 0 Å². The Morgan fingerprint density at radius 3 is 2.57 bits per heavy atom. The molecule has 0 radical (unpaired) electrons. The van der Waals surface area contributed by atoms with Crippen LogP contribution in [0.1, 0.15) is 38.5 Å². The zero-order valence-electron chi connectivity index (χ0n) is 12.4. The van der Waals surface area contributed by atoms with Gasteiger partial charge in [-0.25, -0.2) is 4.79 Å². The van der Waals surface area contributed by atoms with Gasteiger partial charge in [-0.05, 0) is 39.2 Å². The SMILES string of the molecule is CC(C)(C)CC(CC(=O)O)NC(=O)NCc1sccc1Br. The molecule has 3 N–H and O–H groups in total. The number of hydrogen-bond donors (Lipinski definition) is 3. The van der Waals surface area contributed by atoms with Crippen LogP contribution in [-0.2, 0) is 11.3 Å². The summed E-state index contributed by atoms with van der Waals surface area (Å²) in [4.78, 5) is 23.8. The summed E-state index contributed by atoms with van der Waals surface area (Å²) in [7, 11) is 0. The molecule has 1 heterocycles. The summed E-state index contributed by atoms with van der Waals surface area (Å²) >= 11 is 4.95. The molecule has 0 aromatic carbocycles. The lowest BCUT2D eigenvalue weighted by Gasteiger charge is -2.25. The van der Waals surface area contributed by atoms with Crippen molar-refractivity contribution >= 4 is 39.3 Å². The summed E-state index contributed by atoms with van der Waals surface area (Å²) in [6.07, 6.45) is 0.531. The Kier molecular flexibility index (Phi) is 6.67. The maximum Gasteiger partial charge on any atom is 0.315 e. The van der Waals surface area contributed by atoms with Crippen LogP contribution in [0.4, 0.5) is 4.79 Å². The Morgan fingerprint density at radius 2 is 2.10 bits per heavy atom. The highest BCUT2D eigenvalue weighted by atomic mass is 79.9. The number of halogens is 1. The molecule has 1 atom stereocenters. The number of urea groups is 1. The fraction of sp³-hybridized carbons (Fsp3) is 0.571. The van der Waals surface area contributed by atoms with Crippen molar-refractivity contribution in [3.05, 3.63) is 20.8 Å². The molecule has 0 aliphatic heterocycles. The van der Waals surface area contributed by atoms with Crippen LogP contribution in [0, 0.1) is 5.41 Å². The summed E-state index contributed by atoms with van der Waals surface area (Å²) in [6, 6.07) is 1.20. The van der Waals surface area contributed by atoms with E-state index < -0.39 is 5.97 Å². The van der Waals surface area contributed by atoms with E-state index in [4.69, 9.17) is 5.11 Å². The zero-order chi connectivity index (χ0) is 16.0. The third-order valence-electron chi connectivity index (χ3n) is 2.72. The van der Waals surface area contributed by atoms with Gasteiger partial charge in [-0.2, -0.15) is 0 Å². The van der Waals surface area contributed by atoms with Crippen LogP contribution >= 0.6 is 27.3 Å². The van der Waals surface area contributed by atoms with Crippen LogP contribution in [0.15, 0.2) is 15.9 Å². The van der Waals surface area contributed by atoms with Gasteiger partial charge >= 0.3 is 12.0 Å². The Balaban J connectivity index is 2.51. The number of thiophene rings is 1. The fourth-order valence-electron chi connectivity index (χ4n) is 1.97. The van der Waals surface area contributed by atoms with E-state index in [0.29, 0.717) is 13.0 Å². The fourth-order valence-corrected chi connectivity index (χ4v) is 3.40. The Labute approximate surface area is 137 Å². The first-order valence-electron chi connectivity index (χ1n) is 6.65. The first-order chi connectivity index (χ1) is 9.67. The molecular formula is C14H21BrN2O3S. The van der Waals surface area contributed by atoms with Gasteiger partial charge in [-0.1, -0.05) is 20.8 Å². The predicted octanol–water partition coefficient (Wildman–Crippen LogP) is 3.59. The van der Waals surface area contributed by atoms with E-state index >= 15 is 0 Å². The second-order valence-corrected chi connectivity index (χ2v) is 7.93. The van der Waals surface area contributed by atoms with Crippen LogP contribution in [0.25, 0.3) is 0 Å². The van der Waals surface area contributed by atoms with Gasteiger partial charge in [-0.15, -0.1) is 11.3 Å². The van der Waals surface area contributed by atoms with Gasteiger partial charge in [0.2, 0.25) is 0 Å². The summed E-state index contributed by atoms with van der Waals surface area (Å²) in [5.41, 5.74) is -0.0514. The lowest BCUT2D eigenvalue weighted by molar-refractivity contribution is -0.137. The normalized spacial score (nSPS) is 12.8. The molecule has 0 aliphatic rings. The maximum atomic E-state index is 11.9. The topological polar surface area (TPSA) is 78.4 Å². The number of aliphatic carboxylic acids is 1. The third kappa shape index (κ3) is 7.47. The smallest absolute Gasteiger partial charge is 0.315 e. The minimum Gasteiger partial charge on any atom is -0.481 e. The van der Waals surface area contributed by atoms with Gasteiger partial charge in [0, 0.05) is 15.4 Å². The number of carboxylic acid groups (broad SMARTS) is 1. The molecule has 1 rings (SSSR count). The van der Waals surface area contributed by atoms with Crippen LogP contribution < -0.4 is 10.6 Å². The average molecular weight is 377 g/mol. The van der Waals surface area contributed by atoms with Gasteiger partial charge < -0.3 is 15.7 Å². The molecule has 0 spiro atoms. The van der Waals surface area contributed by atoms with Crippen molar-refractivity contribution in [3.8, 4) is 0 Å². The van der Waals surface area contributed by atoms with Crippen LogP contribution in [0.2, 0.25) is 0 Å². The largest absolute Gasteiger partial charge is 0.481 e. The number of carbonyl (C=O) groups excluding carboxylic acids is 1. The monoisotopic (exact) mass is 376 g/mol. The maximum absolute atomic E-state index is 11.9. The van der Waals surface area contributed by atoms with Crippen molar-refractivity contribution in [2.24, 2.45) is 5.41 Å². The summed E-state index contributed by atoms with van der Waals surface area (Å²) in [6.45, 7) is 6.47. The van der Waals surface area contributed by atoms with Crippen molar-refractivity contribution in [1.82, 2.24) is 10.6 Å². The minimum atomic E-state index is -0.912. The molecule has 0 saturated heterocycles. The average Bonchev–Trinajstić information content (AvgIpc) is 2.69. The quantitative estimate of drug-likeness (QED) is 0.709.